The maximum absolute atomic E-state index is 12.6. The van der Waals surface area contributed by atoms with Gasteiger partial charge < -0.3 is 9.15 Å². The average molecular weight is 424 g/mol. The normalized spacial score (nSPS) is 20.9. The second-order valence-electron chi connectivity index (χ2n) is 8.11. The summed E-state index contributed by atoms with van der Waals surface area (Å²) in [6.45, 7) is 6.21. The van der Waals surface area contributed by atoms with Gasteiger partial charge in [-0.3, -0.25) is 19.3 Å². The van der Waals surface area contributed by atoms with Crippen LogP contribution in [0.3, 0.4) is 0 Å². The van der Waals surface area contributed by atoms with Crippen molar-refractivity contribution in [3.63, 3.8) is 0 Å². The number of nitrogens with zero attached hydrogens (tertiary/aromatic N) is 2. The largest absolute Gasteiger partial charge is 0.469 e. The van der Waals surface area contributed by atoms with Gasteiger partial charge in [-0.15, -0.1) is 6.58 Å². The second-order valence-corrected chi connectivity index (χ2v) is 8.11. The van der Waals surface area contributed by atoms with E-state index in [1.54, 1.807) is 12.3 Å². The van der Waals surface area contributed by atoms with Crippen molar-refractivity contribution in [2.75, 3.05) is 26.8 Å². The fourth-order valence-electron chi connectivity index (χ4n) is 4.74. The van der Waals surface area contributed by atoms with E-state index in [1.165, 1.54) is 17.7 Å². The predicted molar refractivity (Wildman–Crippen MR) is 115 cm³/mol. The first kappa shape index (κ1) is 21.3. The molecule has 3 heterocycles. The SMILES string of the molecule is C=CCON1C(=O)C[C@@H](C(=O)OC)C12CCN(Cc1ccc(-c3ccco3)cc1)CC2. The Morgan fingerprint density at radius 2 is 2.00 bits per heavy atom. The Morgan fingerprint density at radius 3 is 2.61 bits per heavy atom. The van der Waals surface area contributed by atoms with Gasteiger partial charge in [0, 0.05) is 31.6 Å². The van der Waals surface area contributed by atoms with Gasteiger partial charge in [0.25, 0.3) is 0 Å². The van der Waals surface area contributed by atoms with Crippen LogP contribution in [0, 0.1) is 5.92 Å². The number of furan rings is 1. The number of piperidine rings is 1. The van der Waals surface area contributed by atoms with E-state index in [9.17, 15) is 9.59 Å². The Morgan fingerprint density at radius 1 is 1.26 bits per heavy atom. The fourth-order valence-corrected chi connectivity index (χ4v) is 4.74. The first-order chi connectivity index (χ1) is 15.1. The molecule has 1 spiro atoms. The van der Waals surface area contributed by atoms with E-state index in [1.807, 2.05) is 12.1 Å². The van der Waals surface area contributed by atoms with Gasteiger partial charge in [-0.2, -0.15) is 0 Å². The minimum Gasteiger partial charge on any atom is -0.469 e. The van der Waals surface area contributed by atoms with Gasteiger partial charge in [0.2, 0.25) is 5.91 Å². The number of benzene rings is 1. The van der Waals surface area contributed by atoms with Crippen LogP contribution in [0.25, 0.3) is 11.3 Å². The molecule has 0 saturated carbocycles. The molecule has 7 heteroatoms. The van der Waals surface area contributed by atoms with Crippen molar-refractivity contribution in [3.05, 3.63) is 60.9 Å². The predicted octanol–water partition coefficient (Wildman–Crippen LogP) is 3.42. The molecule has 2 aromatic rings. The van der Waals surface area contributed by atoms with E-state index < -0.39 is 11.5 Å². The van der Waals surface area contributed by atoms with Crippen LogP contribution in [0.5, 0.6) is 0 Å². The van der Waals surface area contributed by atoms with Crippen molar-refractivity contribution in [2.45, 2.75) is 31.3 Å². The second kappa shape index (κ2) is 9.08. The molecule has 0 unspecified atom stereocenters. The Hall–Kier alpha value is -2.90. The van der Waals surface area contributed by atoms with Crippen LogP contribution < -0.4 is 0 Å². The minimum atomic E-state index is -0.660. The number of hydrogen-bond acceptors (Lipinski definition) is 6. The molecule has 164 valence electrons. The molecular formula is C24H28N2O5. The van der Waals surface area contributed by atoms with E-state index in [0.717, 1.165) is 31.0 Å². The molecule has 1 amide bonds. The molecule has 31 heavy (non-hydrogen) atoms. The lowest BCUT2D eigenvalue weighted by Crippen LogP contribution is -2.57. The van der Waals surface area contributed by atoms with Crippen LogP contribution in [0.1, 0.15) is 24.8 Å². The van der Waals surface area contributed by atoms with Crippen molar-refractivity contribution in [3.8, 4) is 11.3 Å². The van der Waals surface area contributed by atoms with Crippen molar-refractivity contribution in [1.29, 1.82) is 0 Å². The highest BCUT2D eigenvalue weighted by Crippen LogP contribution is 2.44. The summed E-state index contributed by atoms with van der Waals surface area (Å²) < 4.78 is 10.5. The number of methoxy groups -OCH3 is 1. The number of ether oxygens (including phenoxy) is 1. The molecule has 2 aliphatic rings. The monoisotopic (exact) mass is 424 g/mol. The zero-order valence-corrected chi connectivity index (χ0v) is 17.8. The summed E-state index contributed by atoms with van der Waals surface area (Å²) in [5.41, 5.74) is 1.59. The van der Waals surface area contributed by atoms with Crippen LogP contribution in [0.4, 0.5) is 0 Å². The third-order valence-electron chi connectivity index (χ3n) is 6.35. The molecule has 4 rings (SSSR count). The standard InChI is InChI=1S/C24H28N2O5/c1-3-14-31-26-22(27)16-20(23(28)29-2)24(26)10-12-25(13-11-24)17-18-6-8-19(9-7-18)21-5-4-15-30-21/h3-9,15,20H,1,10-14,16-17H2,2H3/t20-/m0/s1. The zero-order valence-electron chi connectivity index (χ0n) is 17.8. The van der Waals surface area contributed by atoms with Crippen LogP contribution in [0.15, 0.2) is 59.7 Å². The fraction of sp³-hybridized carbons (Fsp3) is 0.417. The van der Waals surface area contributed by atoms with Crippen LogP contribution in [-0.4, -0.2) is 54.2 Å². The van der Waals surface area contributed by atoms with Gasteiger partial charge in [0.1, 0.15) is 5.76 Å². The van der Waals surface area contributed by atoms with Crippen LogP contribution in [-0.2, 0) is 25.7 Å². The van der Waals surface area contributed by atoms with Gasteiger partial charge in [-0.25, -0.2) is 5.06 Å². The van der Waals surface area contributed by atoms with E-state index in [0.29, 0.717) is 12.8 Å². The summed E-state index contributed by atoms with van der Waals surface area (Å²) in [6.07, 6.45) is 4.70. The third kappa shape index (κ3) is 4.16. The molecule has 2 fully saturated rings. The zero-order chi connectivity index (χ0) is 21.8. The Labute approximate surface area is 182 Å². The number of carbonyl (C=O) groups is 2. The molecule has 0 bridgehead atoms. The van der Waals surface area contributed by atoms with Gasteiger partial charge in [-0.05, 0) is 30.5 Å². The molecule has 2 saturated heterocycles. The number of rotatable bonds is 7. The van der Waals surface area contributed by atoms with Crippen LogP contribution >= 0.6 is 0 Å². The lowest BCUT2D eigenvalue weighted by atomic mass is 9.77. The summed E-state index contributed by atoms with van der Waals surface area (Å²) in [5.74, 6) is -0.172. The summed E-state index contributed by atoms with van der Waals surface area (Å²) in [5, 5.41) is 1.44. The molecule has 7 nitrogen and oxygen atoms in total. The van der Waals surface area contributed by atoms with Crippen LogP contribution in [0.2, 0.25) is 0 Å². The number of hydrogen-bond donors (Lipinski definition) is 0. The average Bonchev–Trinajstić information content (AvgIpc) is 3.42. The van der Waals surface area contributed by atoms with Crippen molar-refractivity contribution < 1.29 is 23.6 Å². The third-order valence-corrected chi connectivity index (χ3v) is 6.35. The summed E-state index contributed by atoms with van der Waals surface area (Å²) in [4.78, 5) is 33.1. The van der Waals surface area contributed by atoms with E-state index in [4.69, 9.17) is 14.0 Å². The number of amides is 1. The molecule has 0 aliphatic carbocycles. The van der Waals surface area contributed by atoms with E-state index in [2.05, 4.69) is 35.7 Å². The van der Waals surface area contributed by atoms with Gasteiger partial charge in [-0.1, -0.05) is 30.3 Å². The highest BCUT2D eigenvalue weighted by Gasteiger charge is 2.58. The summed E-state index contributed by atoms with van der Waals surface area (Å²) in [6, 6.07) is 12.2. The molecular weight excluding hydrogens is 396 g/mol. The molecule has 2 aliphatic heterocycles. The minimum absolute atomic E-state index is 0.123. The highest BCUT2D eigenvalue weighted by atomic mass is 16.7. The molecule has 1 aromatic carbocycles. The number of likely N-dealkylation sites (tertiary alicyclic amines) is 1. The lowest BCUT2D eigenvalue weighted by Gasteiger charge is -2.45. The lowest BCUT2D eigenvalue weighted by molar-refractivity contribution is -0.218. The maximum Gasteiger partial charge on any atom is 0.311 e. The van der Waals surface area contributed by atoms with Gasteiger partial charge in [0.15, 0.2) is 0 Å². The molecule has 1 atom stereocenters. The first-order valence-electron chi connectivity index (χ1n) is 10.6. The highest BCUT2D eigenvalue weighted by molar-refractivity contribution is 5.88. The van der Waals surface area contributed by atoms with E-state index in [-0.39, 0.29) is 24.9 Å². The Bertz CT molecular complexity index is 914. The van der Waals surface area contributed by atoms with Crippen molar-refractivity contribution in [2.24, 2.45) is 5.92 Å². The summed E-state index contributed by atoms with van der Waals surface area (Å²) >= 11 is 0. The number of carbonyl (C=O) groups excluding carboxylic acids is 2. The Balaban J connectivity index is 1.44. The number of hydroxylamine groups is 2. The number of esters is 1. The van der Waals surface area contributed by atoms with Gasteiger partial charge >= 0.3 is 5.97 Å². The maximum atomic E-state index is 12.6. The van der Waals surface area contributed by atoms with E-state index >= 15 is 0 Å². The quantitative estimate of drug-likeness (QED) is 0.501. The van der Waals surface area contributed by atoms with Gasteiger partial charge in [0.05, 0.1) is 31.4 Å². The first-order valence-corrected chi connectivity index (χ1v) is 10.6. The topological polar surface area (TPSA) is 72.2 Å². The van der Waals surface area contributed by atoms with Crippen molar-refractivity contribution in [1.82, 2.24) is 9.96 Å². The molecule has 1 aromatic heterocycles. The Kier molecular flexibility index (Phi) is 6.25. The molecule has 0 N–H and O–H groups in total. The molecule has 0 radical (unpaired) electrons. The smallest absolute Gasteiger partial charge is 0.311 e. The van der Waals surface area contributed by atoms with Crippen molar-refractivity contribution >= 4 is 11.9 Å². The summed E-state index contributed by atoms with van der Waals surface area (Å²) in [7, 11) is 1.37.